The van der Waals surface area contributed by atoms with E-state index in [1.165, 1.54) is 6.20 Å². The molecule has 4 N–H and O–H groups in total. The largest absolute Gasteiger partial charge is 0.398 e. The van der Waals surface area contributed by atoms with Crippen molar-refractivity contribution in [1.29, 1.82) is 0 Å². The highest BCUT2D eigenvalue weighted by Crippen LogP contribution is 2.24. The van der Waals surface area contributed by atoms with Crippen molar-refractivity contribution in [2.75, 3.05) is 10.5 Å². The van der Waals surface area contributed by atoms with Crippen molar-refractivity contribution in [1.82, 2.24) is 10.2 Å². The third-order valence-electron chi connectivity index (χ3n) is 2.69. The number of aromatic amines is 1. The minimum Gasteiger partial charge on any atom is -0.398 e. The van der Waals surface area contributed by atoms with Gasteiger partial charge in [0.25, 0.3) is 10.0 Å². The van der Waals surface area contributed by atoms with E-state index >= 15 is 0 Å². The first-order valence-corrected chi connectivity index (χ1v) is 6.78. The second kappa shape index (κ2) is 4.34. The summed E-state index contributed by atoms with van der Waals surface area (Å²) in [5.74, 6) is 0. The fourth-order valence-corrected chi connectivity index (χ4v) is 2.84. The van der Waals surface area contributed by atoms with E-state index in [-0.39, 0.29) is 4.90 Å². The fourth-order valence-electron chi connectivity index (χ4n) is 1.57. The molecule has 0 saturated carbocycles. The average molecular weight is 266 g/mol. The van der Waals surface area contributed by atoms with Crippen molar-refractivity contribution < 1.29 is 8.42 Å². The maximum atomic E-state index is 12.1. The molecule has 18 heavy (non-hydrogen) atoms. The van der Waals surface area contributed by atoms with E-state index in [4.69, 9.17) is 5.73 Å². The first-order valence-electron chi connectivity index (χ1n) is 5.29. The molecule has 0 fully saturated rings. The second-order valence-electron chi connectivity index (χ2n) is 3.98. The summed E-state index contributed by atoms with van der Waals surface area (Å²) in [5.41, 5.74) is 7.93. The van der Waals surface area contributed by atoms with Crippen LogP contribution in [0.2, 0.25) is 0 Å². The smallest absolute Gasteiger partial charge is 0.265 e. The maximum absolute atomic E-state index is 12.1. The Morgan fingerprint density at radius 2 is 2.06 bits per heavy atom. The summed E-state index contributed by atoms with van der Waals surface area (Å²) in [7, 11) is -3.64. The number of nitrogens with two attached hydrogens (primary N) is 1. The van der Waals surface area contributed by atoms with Crippen molar-refractivity contribution in [3.05, 3.63) is 35.7 Å². The summed E-state index contributed by atoms with van der Waals surface area (Å²) in [6.45, 7) is 3.41. The average Bonchev–Trinajstić information content (AvgIpc) is 2.72. The number of nitrogen functional groups attached to an aromatic ring is 1. The zero-order valence-corrected chi connectivity index (χ0v) is 10.9. The Morgan fingerprint density at radius 3 is 2.67 bits per heavy atom. The molecule has 0 bridgehead atoms. The number of nitrogens with zero attached hydrogens (tertiary/aromatic N) is 1. The molecular weight excluding hydrogens is 252 g/mol. The lowest BCUT2D eigenvalue weighted by molar-refractivity contribution is 0.600. The number of aromatic nitrogens is 2. The van der Waals surface area contributed by atoms with Crippen LogP contribution < -0.4 is 10.5 Å². The van der Waals surface area contributed by atoms with Gasteiger partial charge in [0.15, 0.2) is 0 Å². The zero-order valence-electron chi connectivity index (χ0n) is 10.1. The SMILES string of the molecule is Cc1[nH]ncc1S(=O)(=O)Nc1cccc(N)c1C. The number of aryl methyl sites for hydroxylation is 1. The summed E-state index contributed by atoms with van der Waals surface area (Å²) < 4.78 is 26.8. The Kier molecular flexibility index (Phi) is 3.00. The van der Waals surface area contributed by atoms with Crippen LogP contribution in [-0.2, 0) is 10.0 Å². The first kappa shape index (κ1) is 12.4. The predicted molar refractivity (Wildman–Crippen MR) is 69.7 cm³/mol. The van der Waals surface area contributed by atoms with Gasteiger partial charge in [-0.15, -0.1) is 0 Å². The van der Waals surface area contributed by atoms with Crippen LogP contribution in [0, 0.1) is 13.8 Å². The van der Waals surface area contributed by atoms with E-state index in [1.807, 2.05) is 0 Å². The van der Waals surface area contributed by atoms with Crippen molar-refractivity contribution in [2.24, 2.45) is 0 Å². The van der Waals surface area contributed by atoms with Crippen LogP contribution in [0.3, 0.4) is 0 Å². The van der Waals surface area contributed by atoms with Gasteiger partial charge in [-0.25, -0.2) is 8.42 Å². The standard InChI is InChI=1S/C11H14N4O2S/c1-7-9(12)4-3-5-10(7)15-18(16,17)11-6-13-14-8(11)2/h3-6,15H,12H2,1-2H3,(H,13,14). The zero-order chi connectivity index (χ0) is 13.3. The fraction of sp³-hybridized carbons (Fsp3) is 0.182. The molecule has 1 heterocycles. The highest BCUT2D eigenvalue weighted by atomic mass is 32.2. The molecule has 96 valence electrons. The molecule has 0 spiro atoms. The van der Waals surface area contributed by atoms with Crippen molar-refractivity contribution in [3.8, 4) is 0 Å². The lowest BCUT2D eigenvalue weighted by Crippen LogP contribution is -2.14. The molecule has 6 nitrogen and oxygen atoms in total. The van der Waals surface area contributed by atoms with Crippen molar-refractivity contribution >= 4 is 21.4 Å². The van der Waals surface area contributed by atoms with Crippen LogP contribution in [0.1, 0.15) is 11.3 Å². The summed E-state index contributed by atoms with van der Waals surface area (Å²) in [6.07, 6.45) is 1.28. The molecule has 0 atom stereocenters. The highest BCUT2D eigenvalue weighted by molar-refractivity contribution is 7.92. The van der Waals surface area contributed by atoms with E-state index < -0.39 is 10.0 Å². The Balaban J connectivity index is 2.40. The third kappa shape index (κ3) is 2.17. The van der Waals surface area contributed by atoms with Crippen molar-refractivity contribution in [3.63, 3.8) is 0 Å². The third-order valence-corrected chi connectivity index (χ3v) is 4.17. The second-order valence-corrected chi connectivity index (χ2v) is 5.64. The van der Waals surface area contributed by atoms with Crippen LogP contribution >= 0.6 is 0 Å². The van der Waals surface area contributed by atoms with Crippen LogP contribution in [0.15, 0.2) is 29.3 Å². The molecule has 2 aromatic rings. The molecular formula is C11H14N4O2S. The topological polar surface area (TPSA) is 101 Å². The Labute approximate surface area is 105 Å². The number of H-pyrrole nitrogens is 1. The molecule has 0 saturated heterocycles. The van der Waals surface area contributed by atoms with E-state index in [1.54, 1.807) is 32.0 Å². The van der Waals surface area contributed by atoms with Gasteiger partial charge in [0.05, 0.1) is 17.6 Å². The molecule has 1 aromatic heterocycles. The van der Waals surface area contributed by atoms with Gasteiger partial charge >= 0.3 is 0 Å². The maximum Gasteiger partial charge on any atom is 0.265 e. The quantitative estimate of drug-likeness (QED) is 0.731. The van der Waals surface area contributed by atoms with Crippen LogP contribution in [0.25, 0.3) is 0 Å². The van der Waals surface area contributed by atoms with Crippen molar-refractivity contribution in [2.45, 2.75) is 18.7 Å². The molecule has 0 radical (unpaired) electrons. The summed E-state index contributed by atoms with van der Waals surface area (Å²) >= 11 is 0. The molecule has 0 aliphatic heterocycles. The van der Waals surface area contributed by atoms with Crippen LogP contribution in [0.4, 0.5) is 11.4 Å². The van der Waals surface area contributed by atoms with Gasteiger partial charge in [0.1, 0.15) is 4.90 Å². The van der Waals surface area contributed by atoms with E-state index in [9.17, 15) is 8.42 Å². The Hall–Kier alpha value is -2.02. The number of hydrogen-bond donors (Lipinski definition) is 3. The minimum atomic E-state index is -3.64. The Morgan fingerprint density at radius 1 is 1.33 bits per heavy atom. The molecule has 2 rings (SSSR count). The van der Waals surface area contributed by atoms with Crippen LogP contribution in [0.5, 0.6) is 0 Å². The monoisotopic (exact) mass is 266 g/mol. The van der Waals surface area contributed by atoms with Gasteiger partial charge < -0.3 is 5.73 Å². The van der Waals surface area contributed by atoms with Gasteiger partial charge in [0, 0.05) is 5.69 Å². The lowest BCUT2D eigenvalue weighted by Gasteiger charge is -2.11. The molecule has 7 heteroatoms. The molecule has 0 aliphatic rings. The molecule has 1 aromatic carbocycles. The number of hydrogen-bond acceptors (Lipinski definition) is 4. The summed E-state index contributed by atoms with van der Waals surface area (Å²) in [4.78, 5) is 0.129. The van der Waals surface area contributed by atoms with Crippen LogP contribution in [-0.4, -0.2) is 18.6 Å². The molecule has 0 aliphatic carbocycles. The van der Waals surface area contributed by atoms with E-state index in [0.717, 1.165) is 0 Å². The Bertz CT molecular complexity index is 676. The number of benzene rings is 1. The number of sulfonamides is 1. The van der Waals surface area contributed by atoms with Gasteiger partial charge in [-0.05, 0) is 31.5 Å². The van der Waals surface area contributed by atoms with Gasteiger partial charge in [-0.3, -0.25) is 9.82 Å². The highest BCUT2D eigenvalue weighted by Gasteiger charge is 2.19. The summed E-state index contributed by atoms with van der Waals surface area (Å²) in [5, 5.41) is 6.29. The predicted octanol–water partition coefficient (Wildman–Crippen LogP) is 1.41. The molecule has 0 unspecified atom stereocenters. The molecule has 0 amide bonds. The van der Waals surface area contributed by atoms with E-state index in [2.05, 4.69) is 14.9 Å². The van der Waals surface area contributed by atoms with Gasteiger partial charge in [0.2, 0.25) is 0 Å². The minimum absolute atomic E-state index is 0.129. The summed E-state index contributed by atoms with van der Waals surface area (Å²) in [6, 6.07) is 5.08. The normalized spacial score (nSPS) is 11.4. The van der Waals surface area contributed by atoms with Gasteiger partial charge in [-0.2, -0.15) is 5.10 Å². The number of anilines is 2. The number of rotatable bonds is 3. The lowest BCUT2D eigenvalue weighted by atomic mass is 10.2. The number of nitrogens with one attached hydrogen (secondary N) is 2. The first-order chi connectivity index (χ1) is 8.42. The van der Waals surface area contributed by atoms with Gasteiger partial charge in [-0.1, -0.05) is 6.07 Å². The van der Waals surface area contributed by atoms with E-state index in [0.29, 0.717) is 22.6 Å².